The average Bonchev–Trinajstić information content (AvgIpc) is 2.87. The van der Waals surface area contributed by atoms with Gasteiger partial charge in [0.1, 0.15) is 4.90 Å². The molecule has 2 fully saturated rings. The first-order valence-corrected chi connectivity index (χ1v) is 8.27. The van der Waals surface area contributed by atoms with Crippen molar-refractivity contribution < 1.29 is 8.42 Å². The van der Waals surface area contributed by atoms with Crippen LogP contribution in [0.25, 0.3) is 0 Å². The second kappa shape index (κ2) is 4.74. The third-order valence-electron chi connectivity index (χ3n) is 4.06. The predicted octanol–water partition coefficient (Wildman–Crippen LogP) is 1.49. The summed E-state index contributed by atoms with van der Waals surface area (Å²) in [6.45, 7) is 4.93. The number of nitrogens with zero attached hydrogens (tertiary/aromatic N) is 1. The molecule has 3 rings (SSSR count). The van der Waals surface area contributed by atoms with Gasteiger partial charge in [-0.15, -0.1) is 0 Å². The molecule has 0 amide bonds. The molecule has 104 valence electrons. The summed E-state index contributed by atoms with van der Waals surface area (Å²) in [6.07, 6.45) is 0. The molecule has 0 saturated carbocycles. The molecule has 6 heteroatoms. The third kappa shape index (κ3) is 2.29. The van der Waals surface area contributed by atoms with E-state index in [4.69, 9.17) is 11.6 Å². The Morgan fingerprint density at radius 2 is 1.89 bits per heavy atom. The van der Waals surface area contributed by atoms with Crippen molar-refractivity contribution >= 4 is 21.6 Å². The Morgan fingerprint density at radius 1 is 1.26 bits per heavy atom. The molecule has 2 heterocycles. The van der Waals surface area contributed by atoms with Gasteiger partial charge in [-0.25, -0.2) is 8.42 Å². The van der Waals surface area contributed by atoms with Gasteiger partial charge in [0.15, 0.2) is 0 Å². The summed E-state index contributed by atoms with van der Waals surface area (Å²) in [5, 5.41) is 3.62. The Hall–Kier alpha value is -0.620. The van der Waals surface area contributed by atoms with Crippen molar-refractivity contribution in [3.8, 4) is 0 Å². The van der Waals surface area contributed by atoms with Gasteiger partial charge in [0.2, 0.25) is 10.0 Å². The lowest BCUT2D eigenvalue weighted by Gasteiger charge is -2.18. The van der Waals surface area contributed by atoms with Crippen molar-refractivity contribution in [2.24, 2.45) is 11.8 Å². The molecule has 1 N–H and O–H groups in total. The monoisotopic (exact) mass is 300 g/mol. The molecular weight excluding hydrogens is 284 g/mol. The van der Waals surface area contributed by atoms with Gasteiger partial charge in [0.25, 0.3) is 0 Å². The van der Waals surface area contributed by atoms with Gasteiger partial charge in [-0.2, -0.15) is 4.31 Å². The van der Waals surface area contributed by atoms with Crippen LogP contribution >= 0.6 is 11.6 Å². The van der Waals surface area contributed by atoms with Crippen LogP contribution in [0.5, 0.6) is 0 Å². The molecule has 0 aliphatic carbocycles. The zero-order valence-corrected chi connectivity index (χ0v) is 12.3. The second-order valence-corrected chi connectivity index (χ2v) is 7.75. The molecule has 0 bridgehead atoms. The maximum absolute atomic E-state index is 12.6. The number of hydrogen-bond donors (Lipinski definition) is 1. The molecule has 4 nitrogen and oxygen atoms in total. The second-order valence-electron chi connectivity index (χ2n) is 5.43. The normalized spacial score (nSPS) is 27.7. The largest absolute Gasteiger partial charge is 0.316 e. The van der Waals surface area contributed by atoms with Gasteiger partial charge in [0, 0.05) is 13.1 Å². The molecule has 2 saturated heterocycles. The SMILES string of the molecule is Cc1ccc(S(=O)(=O)N2CC3CNCC3C2)c(Cl)c1. The molecule has 2 unspecified atom stereocenters. The first kappa shape index (κ1) is 13.4. The van der Waals surface area contributed by atoms with E-state index in [0.29, 0.717) is 29.9 Å². The number of benzene rings is 1. The minimum Gasteiger partial charge on any atom is -0.316 e. The number of fused-ring (bicyclic) bond motifs is 1. The van der Waals surface area contributed by atoms with Crippen LogP contribution in [0.2, 0.25) is 5.02 Å². The number of sulfonamides is 1. The molecule has 19 heavy (non-hydrogen) atoms. The fourth-order valence-electron chi connectivity index (χ4n) is 2.96. The maximum Gasteiger partial charge on any atom is 0.244 e. The molecule has 0 radical (unpaired) electrons. The third-order valence-corrected chi connectivity index (χ3v) is 6.38. The summed E-state index contributed by atoms with van der Waals surface area (Å²) in [6, 6.07) is 5.10. The zero-order chi connectivity index (χ0) is 13.6. The minimum absolute atomic E-state index is 0.229. The zero-order valence-electron chi connectivity index (χ0n) is 10.8. The quantitative estimate of drug-likeness (QED) is 0.900. The standard InChI is InChI=1S/C13H17ClN2O2S/c1-9-2-3-13(12(14)4-9)19(17,18)16-7-10-5-15-6-11(10)8-16/h2-4,10-11,15H,5-8H2,1H3. The van der Waals surface area contributed by atoms with Crippen LogP contribution in [0.4, 0.5) is 0 Å². The van der Waals surface area contributed by atoms with E-state index in [1.54, 1.807) is 22.5 Å². The average molecular weight is 301 g/mol. The van der Waals surface area contributed by atoms with Gasteiger partial charge in [-0.3, -0.25) is 0 Å². The molecule has 2 aliphatic heterocycles. The summed E-state index contributed by atoms with van der Waals surface area (Å²) in [7, 11) is -3.45. The number of nitrogens with one attached hydrogen (secondary N) is 1. The fraction of sp³-hybridized carbons (Fsp3) is 0.538. The van der Waals surface area contributed by atoms with Crippen LogP contribution in [0.15, 0.2) is 23.1 Å². The van der Waals surface area contributed by atoms with Gasteiger partial charge in [0.05, 0.1) is 5.02 Å². The molecule has 0 aromatic heterocycles. The number of halogens is 1. The Morgan fingerprint density at radius 3 is 2.47 bits per heavy atom. The predicted molar refractivity (Wildman–Crippen MR) is 74.8 cm³/mol. The van der Waals surface area contributed by atoms with Crippen LogP contribution in [0.1, 0.15) is 5.56 Å². The van der Waals surface area contributed by atoms with E-state index in [2.05, 4.69) is 5.32 Å². The van der Waals surface area contributed by atoms with Crippen molar-refractivity contribution in [1.82, 2.24) is 9.62 Å². The summed E-state index contributed by atoms with van der Waals surface area (Å²) in [5.41, 5.74) is 0.964. The van der Waals surface area contributed by atoms with E-state index >= 15 is 0 Å². The molecule has 1 aromatic carbocycles. The highest BCUT2D eigenvalue weighted by atomic mass is 35.5. The summed E-state index contributed by atoms with van der Waals surface area (Å²) in [4.78, 5) is 0.229. The lowest BCUT2D eigenvalue weighted by atomic mass is 10.0. The molecule has 2 atom stereocenters. The molecule has 0 spiro atoms. The van der Waals surface area contributed by atoms with E-state index in [1.807, 2.05) is 6.92 Å². The molecular formula is C13H17ClN2O2S. The molecule has 1 aromatic rings. The van der Waals surface area contributed by atoms with Crippen LogP contribution in [-0.2, 0) is 10.0 Å². The number of rotatable bonds is 2. The van der Waals surface area contributed by atoms with Crippen LogP contribution in [0, 0.1) is 18.8 Å². The van der Waals surface area contributed by atoms with Crippen molar-refractivity contribution in [3.63, 3.8) is 0 Å². The van der Waals surface area contributed by atoms with Crippen LogP contribution in [-0.4, -0.2) is 38.9 Å². The smallest absolute Gasteiger partial charge is 0.244 e. The van der Waals surface area contributed by atoms with E-state index in [0.717, 1.165) is 18.7 Å². The Labute approximate surface area is 118 Å². The number of hydrogen-bond acceptors (Lipinski definition) is 3. The van der Waals surface area contributed by atoms with Crippen LogP contribution < -0.4 is 5.32 Å². The Balaban J connectivity index is 1.91. The fourth-order valence-corrected chi connectivity index (χ4v) is 5.09. The molecule has 2 aliphatic rings. The Bertz CT molecular complexity index is 591. The lowest BCUT2D eigenvalue weighted by Crippen LogP contribution is -2.32. The first-order valence-electron chi connectivity index (χ1n) is 6.45. The number of aryl methyl sites for hydroxylation is 1. The topological polar surface area (TPSA) is 49.4 Å². The minimum atomic E-state index is -3.45. The van der Waals surface area contributed by atoms with Gasteiger partial charge >= 0.3 is 0 Å². The lowest BCUT2D eigenvalue weighted by molar-refractivity contribution is 0.448. The van der Waals surface area contributed by atoms with Crippen molar-refractivity contribution in [3.05, 3.63) is 28.8 Å². The van der Waals surface area contributed by atoms with Gasteiger partial charge < -0.3 is 5.32 Å². The Kier molecular flexibility index (Phi) is 3.33. The van der Waals surface area contributed by atoms with Crippen molar-refractivity contribution in [1.29, 1.82) is 0 Å². The van der Waals surface area contributed by atoms with E-state index in [-0.39, 0.29) is 4.90 Å². The van der Waals surface area contributed by atoms with Gasteiger partial charge in [-0.05, 0) is 49.5 Å². The van der Waals surface area contributed by atoms with Crippen molar-refractivity contribution in [2.45, 2.75) is 11.8 Å². The van der Waals surface area contributed by atoms with E-state index < -0.39 is 10.0 Å². The highest BCUT2D eigenvalue weighted by Gasteiger charge is 2.41. The summed E-state index contributed by atoms with van der Waals surface area (Å²) in [5.74, 6) is 0.887. The summed E-state index contributed by atoms with van der Waals surface area (Å²) >= 11 is 6.09. The van der Waals surface area contributed by atoms with Crippen molar-refractivity contribution in [2.75, 3.05) is 26.2 Å². The van der Waals surface area contributed by atoms with E-state index in [1.165, 1.54) is 0 Å². The van der Waals surface area contributed by atoms with E-state index in [9.17, 15) is 8.42 Å². The summed E-state index contributed by atoms with van der Waals surface area (Å²) < 4.78 is 26.8. The highest BCUT2D eigenvalue weighted by Crippen LogP contribution is 2.33. The van der Waals surface area contributed by atoms with Crippen LogP contribution in [0.3, 0.4) is 0 Å². The maximum atomic E-state index is 12.6. The first-order chi connectivity index (χ1) is 8.98. The highest BCUT2D eigenvalue weighted by molar-refractivity contribution is 7.89. The van der Waals surface area contributed by atoms with Gasteiger partial charge in [-0.1, -0.05) is 17.7 Å².